The van der Waals surface area contributed by atoms with E-state index < -0.39 is 0 Å². The van der Waals surface area contributed by atoms with Gasteiger partial charge in [0, 0.05) is 5.56 Å². The van der Waals surface area contributed by atoms with Gasteiger partial charge in [0.05, 0.1) is 29.2 Å². The van der Waals surface area contributed by atoms with Crippen molar-refractivity contribution < 1.29 is 19.3 Å². The summed E-state index contributed by atoms with van der Waals surface area (Å²) < 4.78 is 21.2. The van der Waals surface area contributed by atoms with E-state index in [1.165, 1.54) is 23.3 Å². The Kier molecular flexibility index (Phi) is 6.57. The lowest BCUT2D eigenvalue weighted by molar-refractivity contribution is -0.927. The minimum atomic E-state index is -0.232. The van der Waals surface area contributed by atoms with Gasteiger partial charge in [0.2, 0.25) is 0 Å². The molecule has 5 nitrogen and oxygen atoms in total. The predicted octanol–water partition coefficient (Wildman–Crippen LogP) is 1.18. The van der Waals surface area contributed by atoms with Crippen molar-refractivity contribution in [2.24, 2.45) is 0 Å². The molecule has 1 saturated heterocycles. The number of aryl methyl sites for hydroxylation is 1. The molecule has 1 fully saturated rings. The summed E-state index contributed by atoms with van der Waals surface area (Å²) in [7, 11) is 0. The van der Waals surface area contributed by atoms with Gasteiger partial charge in [-0.3, -0.25) is 0 Å². The number of nitrogens with two attached hydrogens (primary N) is 1. The molecule has 1 aliphatic rings. The molecular formula is C24H31FN4O+2. The Morgan fingerprint density at radius 2 is 1.90 bits per heavy atom. The zero-order valence-corrected chi connectivity index (χ0v) is 17.8. The van der Waals surface area contributed by atoms with Crippen LogP contribution in [0.4, 0.5) is 4.39 Å². The third-order valence-corrected chi connectivity index (χ3v) is 5.91. The number of hydrogen-bond donors (Lipinski definition) is 2. The van der Waals surface area contributed by atoms with Crippen LogP contribution in [0.15, 0.2) is 54.6 Å². The van der Waals surface area contributed by atoms with Crippen LogP contribution in [-0.2, 0) is 17.8 Å². The van der Waals surface area contributed by atoms with Crippen molar-refractivity contribution >= 4 is 0 Å². The number of halogens is 1. The Morgan fingerprint density at radius 3 is 2.67 bits per heavy atom. The van der Waals surface area contributed by atoms with Gasteiger partial charge >= 0.3 is 0 Å². The van der Waals surface area contributed by atoms with Crippen LogP contribution in [0.5, 0.6) is 0 Å². The second kappa shape index (κ2) is 9.51. The van der Waals surface area contributed by atoms with Crippen LogP contribution in [0.3, 0.4) is 0 Å². The fraction of sp³-hybridized carbons (Fsp3) is 0.375. The number of hydrogen-bond acceptors (Lipinski definition) is 2. The molecule has 1 aromatic heterocycles. The molecule has 0 bridgehead atoms. The van der Waals surface area contributed by atoms with Gasteiger partial charge in [-0.2, -0.15) is 5.10 Å². The Balaban J connectivity index is 1.32. The van der Waals surface area contributed by atoms with E-state index in [1.54, 1.807) is 17.0 Å². The molecule has 1 aliphatic heterocycles. The van der Waals surface area contributed by atoms with Gasteiger partial charge in [0.15, 0.2) is 6.10 Å². The Morgan fingerprint density at radius 1 is 1.13 bits per heavy atom. The first-order valence-corrected chi connectivity index (χ1v) is 10.7. The zero-order chi connectivity index (χ0) is 20.9. The van der Waals surface area contributed by atoms with Crippen molar-refractivity contribution in [3.05, 3.63) is 82.9 Å². The molecule has 0 amide bonds. The number of quaternary nitrogens is 2. The summed E-state index contributed by atoms with van der Waals surface area (Å²) in [5, 5.41) is 6.99. The number of morpholine rings is 1. The number of benzene rings is 2. The third kappa shape index (κ3) is 4.95. The number of nitrogens with zero attached hydrogens (tertiary/aromatic N) is 2. The number of aromatic nitrogens is 2. The second-order valence-electron chi connectivity index (χ2n) is 8.13. The summed E-state index contributed by atoms with van der Waals surface area (Å²) in [5.74, 6) is -0.232. The van der Waals surface area contributed by atoms with Crippen molar-refractivity contribution in [2.75, 3.05) is 26.2 Å². The van der Waals surface area contributed by atoms with Crippen LogP contribution in [0.2, 0.25) is 0 Å². The summed E-state index contributed by atoms with van der Waals surface area (Å²) in [6.07, 6.45) is 0.269. The van der Waals surface area contributed by atoms with Gasteiger partial charge in [-0.05, 0) is 38.1 Å². The lowest BCUT2D eigenvalue weighted by Gasteiger charge is -2.29. The van der Waals surface area contributed by atoms with Crippen molar-refractivity contribution in [3.8, 4) is 5.69 Å². The Hall–Kier alpha value is -2.54. The van der Waals surface area contributed by atoms with E-state index in [1.807, 2.05) is 11.6 Å². The van der Waals surface area contributed by atoms with Crippen LogP contribution < -0.4 is 10.2 Å². The van der Waals surface area contributed by atoms with Crippen LogP contribution in [0, 0.1) is 19.7 Å². The number of rotatable bonds is 7. The first kappa shape index (κ1) is 20.7. The van der Waals surface area contributed by atoms with Gasteiger partial charge in [0.1, 0.15) is 38.5 Å². The zero-order valence-electron chi connectivity index (χ0n) is 17.8. The molecule has 3 N–H and O–H groups in total. The van der Waals surface area contributed by atoms with Gasteiger partial charge in [0.25, 0.3) is 0 Å². The van der Waals surface area contributed by atoms with E-state index in [-0.39, 0.29) is 11.9 Å². The molecule has 1 unspecified atom stereocenters. The summed E-state index contributed by atoms with van der Waals surface area (Å²) >= 11 is 0. The number of nitrogens with one attached hydrogen (secondary N) is 1. The van der Waals surface area contributed by atoms with Crippen LogP contribution in [-0.4, -0.2) is 42.1 Å². The average Bonchev–Trinajstić information content (AvgIpc) is 3.04. The maximum atomic E-state index is 13.2. The molecule has 30 heavy (non-hydrogen) atoms. The van der Waals surface area contributed by atoms with Gasteiger partial charge < -0.3 is 15.0 Å². The highest BCUT2D eigenvalue weighted by Gasteiger charge is 2.25. The average molecular weight is 411 g/mol. The highest BCUT2D eigenvalue weighted by Crippen LogP contribution is 2.17. The Labute approximate surface area is 177 Å². The van der Waals surface area contributed by atoms with E-state index >= 15 is 0 Å². The minimum absolute atomic E-state index is 0.232. The van der Waals surface area contributed by atoms with Gasteiger partial charge in [-0.25, -0.2) is 9.07 Å². The third-order valence-electron chi connectivity index (χ3n) is 5.91. The van der Waals surface area contributed by atoms with Crippen LogP contribution in [0.1, 0.15) is 22.5 Å². The van der Waals surface area contributed by atoms with E-state index in [0.29, 0.717) is 0 Å². The van der Waals surface area contributed by atoms with E-state index in [4.69, 9.17) is 4.74 Å². The monoisotopic (exact) mass is 410 g/mol. The molecule has 3 aromatic rings. The standard InChI is InChI=1S/C24H29FN4O/c1-18-24(19(2)29(27-18)22-10-8-21(25)9-11-22)15-26-14-23-17-28(12-13-30-23)16-20-6-4-3-5-7-20/h3-11,23,26H,12-17H2,1-2H3/p+2/t23-/m0/s1. The second-order valence-corrected chi connectivity index (χ2v) is 8.13. The lowest BCUT2D eigenvalue weighted by Crippen LogP contribution is -3.14. The fourth-order valence-electron chi connectivity index (χ4n) is 4.27. The van der Waals surface area contributed by atoms with Crippen molar-refractivity contribution in [2.45, 2.75) is 33.0 Å². The van der Waals surface area contributed by atoms with Gasteiger partial charge in [-0.1, -0.05) is 30.3 Å². The lowest BCUT2D eigenvalue weighted by atomic mass is 10.1. The molecule has 6 heteroatoms. The maximum Gasteiger partial charge on any atom is 0.155 e. The molecule has 2 atom stereocenters. The summed E-state index contributed by atoms with van der Waals surface area (Å²) in [4.78, 5) is 1.59. The largest absolute Gasteiger partial charge is 0.361 e. The topological polar surface area (TPSA) is 48.1 Å². The molecule has 0 spiro atoms. The van der Waals surface area contributed by atoms with Crippen LogP contribution >= 0.6 is 0 Å². The van der Waals surface area contributed by atoms with E-state index in [0.717, 1.165) is 56.4 Å². The van der Waals surface area contributed by atoms with Crippen LogP contribution in [0.25, 0.3) is 5.69 Å². The predicted molar refractivity (Wildman–Crippen MR) is 114 cm³/mol. The SMILES string of the molecule is Cc1nn(-c2ccc(F)cc2)c(C)c1C[NH2+]C[C@H]1C[NH+](Cc2ccccc2)CCO1. The first-order valence-electron chi connectivity index (χ1n) is 10.7. The quantitative estimate of drug-likeness (QED) is 0.615. The molecule has 2 heterocycles. The van der Waals surface area contributed by atoms with Crippen molar-refractivity contribution in [3.63, 3.8) is 0 Å². The summed E-state index contributed by atoms with van der Waals surface area (Å²) in [6.45, 7) is 9.91. The highest BCUT2D eigenvalue weighted by atomic mass is 19.1. The maximum absolute atomic E-state index is 13.2. The minimum Gasteiger partial charge on any atom is -0.361 e. The summed E-state index contributed by atoms with van der Waals surface area (Å²) in [5.41, 5.74) is 5.64. The molecule has 0 saturated carbocycles. The Bertz CT molecular complexity index is 955. The number of ether oxygens (including phenoxy) is 1. The molecule has 2 aromatic carbocycles. The summed E-state index contributed by atoms with van der Waals surface area (Å²) in [6, 6.07) is 17.2. The smallest absolute Gasteiger partial charge is 0.155 e. The van der Waals surface area contributed by atoms with E-state index in [9.17, 15) is 4.39 Å². The van der Waals surface area contributed by atoms with Gasteiger partial charge in [-0.15, -0.1) is 0 Å². The first-order chi connectivity index (χ1) is 14.6. The molecular weight excluding hydrogens is 379 g/mol. The molecule has 4 rings (SSSR count). The molecule has 0 radical (unpaired) electrons. The van der Waals surface area contributed by atoms with Crippen molar-refractivity contribution in [1.82, 2.24) is 9.78 Å². The van der Waals surface area contributed by atoms with Crippen molar-refractivity contribution in [1.29, 1.82) is 0 Å². The van der Waals surface area contributed by atoms with E-state index in [2.05, 4.69) is 47.7 Å². The molecule has 158 valence electrons. The fourth-order valence-corrected chi connectivity index (χ4v) is 4.27. The normalized spacial score (nSPS) is 19.2. The highest BCUT2D eigenvalue weighted by molar-refractivity contribution is 5.36. The molecule has 0 aliphatic carbocycles.